The van der Waals surface area contributed by atoms with Crippen molar-refractivity contribution in [2.45, 2.75) is 43.8 Å². The van der Waals surface area contributed by atoms with Gasteiger partial charge in [-0.25, -0.2) is 4.98 Å². The van der Waals surface area contributed by atoms with E-state index in [0.29, 0.717) is 38.4 Å². The first-order chi connectivity index (χ1) is 16.4. The summed E-state index contributed by atoms with van der Waals surface area (Å²) < 4.78 is 6.77. The average molecular weight is 498 g/mol. The highest BCUT2D eigenvalue weighted by molar-refractivity contribution is 7.99. The molecule has 6 nitrogen and oxygen atoms in total. The number of nitrogens with one attached hydrogen (secondary N) is 1. The molecule has 1 N–H and O–H groups in total. The third kappa shape index (κ3) is 4.43. The highest BCUT2D eigenvalue weighted by atomic mass is 35.5. The van der Waals surface area contributed by atoms with Crippen LogP contribution in [0.1, 0.15) is 32.6 Å². The van der Waals surface area contributed by atoms with Crippen LogP contribution in [0.15, 0.2) is 52.4 Å². The second kappa shape index (κ2) is 9.62. The summed E-state index contributed by atoms with van der Waals surface area (Å²) in [4.78, 5) is 31.0. The minimum absolute atomic E-state index is 0.0398. The van der Waals surface area contributed by atoms with Crippen molar-refractivity contribution in [2.24, 2.45) is 17.8 Å². The lowest BCUT2D eigenvalue weighted by Crippen LogP contribution is -2.41. The van der Waals surface area contributed by atoms with E-state index >= 15 is 0 Å². The predicted molar refractivity (Wildman–Crippen MR) is 136 cm³/mol. The third-order valence-corrected chi connectivity index (χ3v) is 8.53. The largest absolute Gasteiger partial charge is 0.495 e. The summed E-state index contributed by atoms with van der Waals surface area (Å²) in [7, 11) is 1.54. The second-order valence-electron chi connectivity index (χ2n) is 9.35. The van der Waals surface area contributed by atoms with Crippen molar-refractivity contribution in [2.75, 3.05) is 12.9 Å². The molecule has 8 heteroatoms. The van der Waals surface area contributed by atoms with E-state index in [4.69, 9.17) is 21.3 Å². The number of methoxy groups -OCH3 is 1. The van der Waals surface area contributed by atoms with Crippen molar-refractivity contribution in [3.8, 4) is 11.4 Å². The number of para-hydroxylation sites is 1. The average Bonchev–Trinajstić information content (AvgIpc) is 3.47. The number of benzene rings is 2. The number of fused-ring (bicyclic) bond motifs is 3. The first kappa shape index (κ1) is 23.2. The summed E-state index contributed by atoms with van der Waals surface area (Å²) in [6.45, 7) is 2.12. The maximum Gasteiger partial charge on any atom is 0.266 e. The van der Waals surface area contributed by atoms with Gasteiger partial charge in [-0.15, -0.1) is 0 Å². The number of amides is 1. The number of aromatic nitrogens is 2. The van der Waals surface area contributed by atoms with Crippen LogP contribution in [-0.4, -0.2) is 34.4 Å². The fourth-order valence-corrected chi connectivity index (χ4v) is 6.75. The fourth-order valence-electron chi connectivity index (χ4n) is 5.67. The van der Waals surface area contributed by atoms with Gasteiger partial charge in [-0.3, -0.25) is 14.2 Å². The monoisotopic (exact) mass is 497 g/mol. The zero-order valence-electron chi connectivity index (χ0n) is 19.3. The lowest BCUT2D eigenvalue weighted by Gasteiger charge is -2.28. The van der Waals surface area contributed by atoms with Gasteiger partial charge >= 0.3 is 0 Å². The highest BCUT2D eigenvalue weighted by Crippen LogP contribution is 2.49. The van der Waals surface area contributed by atoms with E-state index in [0.717, 1.165) is 11.8 Å². The molecule has 2 bridgehead atoms. The molecule has 0 aliphatic heterocycles. The molecule has 2 fully saturated rings. The molecule has 1 aromatic heterocycles. The Morgan fingerprint density at radius 1 is 1.26 bits per heavy atom. The quantitative estimate of drug-likeness (QED) is 0.364. The first-order valence-electron chi connectivity index (χ1n) is 11.7. The molecule has 0 saturated heterocycles. The van der Waals surface area contributed by atoms with E-state index < -0.39 is 0 Å². The number of carbonyl (C=O) groups is 1. The van der Waals surface area contributed by atoms with Gasteiger partial charge in [0.15, 0.2) is 5.16 Å². The van der Waals surface area contributed by atoms with Gasteiger partial charge in [0.1, 0.15) is 5.75 Å². The van der Waals surface area contributed by atoms with E-state index in [1.807, 2.05) is 18.2 Å². The van der Waals surface area contributed by atoms with Crippen LogP contribution in [0.5, 0.6) is 5.75 Å². The Hall–Kier alpha value is -2.51. The molecule has 5 rings (SSSR count). The van der Waals surface area contributed by atoms with Crippen molar-refractivity contribution in [3.05, 3.63) is 57.8 Å². The normalized spacial score (nSPS) is 22.1. The molecule has 178 valence electrons. The molecule has 0 spiro atoms. The number of carbonyl (C=O) groups excluding carboxylic acids is 1. The molecule has 4 atom stereocenters. The first-order valence-corrected chi connectivity index (χ1v) is 13.1. The van der Waals surface area contributed by atoms with Gasteiger partial charge in [0.25, 0.3) is 5.56 Å². The van der Waals surface area contributed by atoms with E-state index in [-0.39, 0.29) is 23.3 Å². The van der Waals surface area contributed by atoms with Gasteiger partial charge in [-0.2, -0.15) is 0 Å². The van der Waals surface area contributed by atoms with E-state index in [2.05, 4.69) is 12.2 Å². The molecule has 2 saturated carbocycles. The molecule has 2 aliphatic rings. The lowest BCUT2D eigenvalue weighted by atomic mass is 9.84. The number of hydrogen-bond donors (Lipinski definition) is 1. The number of halogens is 1. The summed E-state index contributed by atoms with van der Waals surface area (Å²) in [6.07, 6.45) is 5.18. The third-order valence-electron chi connectivity index (χ3n) is 7.29. The molecule has 34 heavy (non-hydrogen) atoms. The minimum atomic E-state index is -0.204. The van der Waals surface area contributed by atoms with E-state index in [9.17, 15) is 9.59 Å². The number of nitrogens with zero attached hydrogens (tertiary/aromatic N) is 2. The Morgan fingerprint density at radius 2 is 2.09 bits per heavy atom. The van der Waals surface area contributed by atoms with Crippen LogP contribution in [0.2, 0.25) is 5.02 Å². The minimum Gasteiger partial charge on any atom is -0.495 e. The Bertz CT molecular complexity index is 1290. The number of thioether (sulfide) groups is 1. The zero-order chi connectivity index (χ0) is 23.8. The highest BCUT2D eigenvalue weighted by Gasteiger charge is 2.42. The second-order valence-corrected chi connectivity index (χ2v) is 10.7. The molecular formula is C26H28ClN3O3S. The number of ether oxygens (including phenoxy) is 1. The molecule has 1 heterocycles. The maximum atomic E-state index is 13.4. The van der Waals surface area contributed by atoms with Crippen LogP contribution in [-0.2, 0) is 4.79 Å². The summed E-state index contributed by atoms with van der Waals surface area (Å²) in [5.74, 6) is 2.83. The van der Waals surface area contributed by atoms with Crippen LogP contribution >= 0.6 is 23.4 Å². The standard InChI is InChI=1S/C26H28ClN3O3S/c1-15(20-12-16-7-8-17(20)11-16)28-24(31)14-34-26-29-22-6-4-3-5-19(22)25(32)30(26)18-9-10-23(33-2)21(27)13-18/h3-6,9-10,13,15-17,20H,7-8,11-12,14H2,1-2H3,(H,28,31). The van der Waals surface area contributed by atoms with Gasteiger partial charge < -0.3 is 10.1 Å². The van der Waals surface area contributed by atoms with Crippen LogP contribution < -0.4 is 15.6 Å². The smallest absolute Gasteiger partial charge is 0.266 e. The van der Waals surface area contributed by atoms with E-state index in [1.165, 1.54) is 42.0 Å². The SMILES string of the molecule is COc1ccc(-n2c(SCC(=O)NC(C)C3CC4CCC3C4)nc3ccccc3c2=O)cc1Cl. The summed E-state index contributed by atoms with van der Waals surface area (Å²) in [5, 5.41) is 4.56. The van der Waals surface area contributed by atoms with Crippen LogP contribution in [0.4, 0.5) is 0 Å². The summed E-state index contributed by atoms with van der Waals surface area (Å²) >= 11 is 7.60. The fraction of sp³-hybridized carbons (Fsp3) is 0.423. The Labute approximate surface area is 208 Å². The van der Waals surface area contributed by atoms with Gasteiger partial charge in [-0.1, -0.05) is 41.9 Å². The van der Waals surface area contributed by atoms with Crippen molar-refractivity contribution in [1.29, 1.82) is 0 Å². The molecule has 2 aromatic carbocycles. The Balaban J connectivity index is 1.40. The molecular weight excluding hydrogens is 470 g/mol. The van der Waals surface area contributed by atoms with Crippen LogP contribution in [0.3, 0.4) is 0 Å². The lowest BCUT2D eigenvalue weighted by molar-refractivity contribution is -0.119. The predicted octanol–water partition coefficient (Wildman–Crippen LogP) is 5.08. The molecule has 3 aromatic rings. The number of rotatable bonds is 7. The van der Waals surface area contributed by atoms with Gasteiger partial charge in [-0.05, 0) is 74.3 Å². The van der Waals surface area contributed by atoms with Gasteiger partial charge in [0.05, 0.1) is 34.5 Å². The zero-order valence-corrected chi connectivity index (χ0v) is 20.9. The Kier molecular flexibility index (Phi) is 6.58. The van der Waals surface area contributed by atoms with Gasteiger partial charge in [0, 0.05) is 6.04 Å². The van der Waals surface area contributed by atoms with E-state index in [1.54, 1.807) is 31.4 Å². The van der Waals surface area contributed by atoms with Crippen LogP contribution in [0.25, 0.3) is 16.6 Å². The maximum absolute atomic E-state index is 13.4. The van der Waals surface area contributed by atoms with Crippen molar-refractivity contribution >= 4 is 40.2 Å². The topological polar surface area (TPSA) is 73.2 Å². The summed E-state index contributed by atoms with van der Waals surface area (Å²) in [6, 6.07) is 12.6. The molecule has 4 unspecified atom stereocenters. The van der Waals surface area contributed by atoms with Crippen LogP contribution in [0, 0.1) is 17.8 Å². The Morgan fingerprint density at radius 3 is 2.79 bits per heavy atom. The van der Waals surface area contributed by atoms with Gasteiger partial charge in [0.2, 0.25) is 5.91 Å². The van der Waals surface area contributed by atoms with Crippen molar-refractivity contribution < 1.29 is 9.53 Å². The van der Waals surface area contributed by atoms with Crippen molar-refractivity contribution in [1.82, 2.24) is 14.9 Å². The van der Waals surface area contributed by atoms with Crippen molar-refractivity contribution in [3.63, 3.8) is 0 Å². The molecule has 2 aliphatic carbocycles. The molecule has 0 radical (unpaired) electrons. The summed E-state index contributed by atoms with van der Waals surface area (Å²) in [5.41, 5.74) is 0.971. The molecule has 1 amide bonds. The number of hydrogen-bond acceptors (Lipinski definition) is 5.